The first-order valence-corrected chi connectivity index (χ1v) is 11.1. The average molecular weight is 452 g/mol. The van der Waals surface area contributed by atoms with E-state index in [9.17, 15) is 9.59 Å². The molecule has 2 aliphatic heterocycles. The molecule has 9 heteroatoms. The summed E-state index contributed by atoms with van der Waals surface area (Å²) in [5.74, 6) is 1.64. The Hall–Kier alpha value is -3.59. The van der Waals surface area contributed by atoms with Gasteiger partial charge in [-0.1, -0.05) is 6.07 Å². The summed E-state index contributed by atoms with van der Waals surface area (Å²) in [6.45, 7) is 4.48. The number of carbonyl (C=O) groups is 2. The molecular formula is C23H21N3O5S. The fourth-order valence-electron chi connectivity index (χ4n) is 3.78. The number of amides is 3. The number of hydrogen-bond acceptors (Lipinski definition) is 7. The summed E-state index contributed by atoms with van der Waals surface area (Å²) < 4.78 is 16.2. The molecule has 1 saturated heterocycles. The van der Waals surface area contributed by atoms with E-state index < -0.39 is 11.6 Å². The number of carbonyl (C=O) groups excluding carboxylic acids is 2. The average Bonchev–Trinajstić information content (AvgIpc) is 3.50. The summed E-state index contributed by atoms with van der Waals surface area (Å²) in [4.78, 5) is 31.8. The summed E-state index contributed by atoms with van der Waals surface area (Å²) in [5.41, 5.74) is 1.05. The minimum absolute atomic E-state index is 0.0956. The molecule has 3 amide bonds. The third-order valence-electron chi connectivity index (χ3n) is 5.51. The molecule has 0 spiro atoms. The van der Waals surface area contributed by atoms with Crippen molar-refractivity contribution in [3.63, 3.8) is 0 Å². The van der Waals surface area contributed by atoms with Crippen molar-refractivity contribution < 1.29 is 23.8 Å². The van der Waals surface area contributed by atoms with Crippen LogP contribution in [0.25, 0.3) is 10.6 Å². The van der Waals surface area contributed by atoms with Crippen molar-refractivity contribution in [3.05, 3.63) is 59.1 Å². The predicted molar refractivity (Wildman–Crippen MR) is 118 cm³/mol. The molecule has 2 aliphatic rings. The molecular weight excluding hydrogens is 430 g/mol. The van der Waals surface area contributed by atoms with Crippen molar-refractivity contribution in [2.45, 2.75) is 25.9 Å². The summed E-state index contributed by atoms with van der Waals surface area (Å²) >= 11 is 1.47. The highest BCUT2D eigenvalue weighted by Crippen LogP contribution is 2.38. The second-order valence-corrected chi connectivity index (χ2v) is 8.47. The van der Waals surface area contributed by atoms with Crippen LogP contribution >= 0.6 is 11.3 Å². The topological polar surface area (TPSA) is 90.0 Å². The van der Waals surface area contributed by atoms with E-state index >= 15 is 0 Å². The second kappa shape index (κ2) is 7.83. The lowest BCUT2D eigenvalue weighted by Crippen LogP contribution is -2.40. The smallest absolute Gasteiger partial charge is 0.325 e. The van der Waals surface area contributed by atoms with E-state index in [4.69, 9.17) is 14.2 Å². The molecule has 5 rings (SSSR count). The SMILES string of the molecule is CCOc1ccc(-c2nc(CN3C(=O)N[C@](C)(c4ccc5c(c4)OCO5)C3=O)cs2)cc1. The van der Waals surface area contributed by atoms with E-state index in [1.807, 2.05) is 36.6 Å². The summed E-state index contributed by atoms with van der Waals surface area (Å²) in [6.07, 6.45) is 0. The molecule has 32 heavy (non-hydrogen) atoms. The number of thiazole rings is 1. The fraction of sp³-hybridized carbons (Fsp3) is 0.261. The van der Waals surface area contributed by atoms with Gasteiger partial charge in [0.15, 0.2) is 11.5 Å². The Labute approximate surface area is 188 Å². The Morgan fingerprint density at radius 3 is 2.72 bits per heavy atom. The first-order chi connectivity index (χ1) is 15.5. The fourth-order valence-corrected chi connectivity index (χ4v) is 4.60. The Kier molecular flexibility index (Phi) is 4.97. The van der Waals surface area contributed by atoms with Crippen molar-refractivity contribution in [1.82, 2.24) is 15.2 Å². The van der Waals surface area contributed by atoms with Gasteiger partial charge >= 0.3 is 6.03 Å². The molecule has 0 bridgehead atoms. The van der Waals surface area contributed by atoms with Gasteiger partial charge in [-0.05, 0) is 55.8 Å². The van der Waals surface area contributed by atoms with Crippen molar-refractivity contribution in [2.24, 2.45) is 0 Å². The highest BCUT2D eigenvalue weighted by molar-refractivity contribution is 7.13. The molecule has 1 fully saturated rings. The van der Waals surface area contributed by atoms with Gasteiger partial charge in [0.25, 0.3) is 5.91 Å². The molecule has 0 saturated carbocycles. The van der Waals surface area contributed by atoms with Crippen LogP contribution in [0.5, 0.6) is 17.2 Å². The molecule has 164 valence electrons. The Balaban J connectivity index is 1.34. The van der Waals surface area contributed by atoms with Gasteiger partial charge < -0.3 is 19.5 Å². The lowest BCUT2D eigenvalue weighted by Gasteiger charge is -2.22. The van der Waals surface area contributed by atoms with Gasteiger partial charge in [-0.2, -0.15) is 0 Å². The van der Waals surface area contributed by atoms with E-state index in [1.54, 1.807) is 25.1 Å². The number of urea groups is 1. The van der Waals surface area contributed by atoms with E-state index in [2.05, 4.69) is 10.3 Å². The van der Waals surface area contributed by atoms with Gasteiger partial charge in [-0.3, -0.25) is 9.69 Å². The number of benzene rings is 2. The zero-order valence-electron chi connectivity index (χ0n) is 17.6. The monoisotopic (exact) mass is 451 g/mol. The van der Waals surface area contributed by atoms with Crippen LogP contribution in [0, 0.1) is 0 Å². The van der Waals surface area contributed by atoms with Crippen LogP contribution in [0.15, 0.2) is 47.8 Å². The number of rotatable bonds is 6. The van der Waals surface area contributed by atoms with E-state index in [0.717, 1.165) is 16.3 Å². The van der Waals surface area contributed by atoms with Crippen LogP contribution in [0.3, 0.4) is 0 Å². The van der Waals surface area contributed by atoms with Crippen molar-refractivity contribution in [2.75, 3.05) is 13.4 Å². The minimum atomic E-state index is -1.19. The highest BCUT2D eigenvalue weighted by Gasteiger charge is 2.49. The molecule has 0 unspecified atom stereocenters. The van der Waals surface area contributed by atoms with Crippen molar-refractivity contribution >= 4 is 23.3 Å². The summed E-state index contributed by atoms with van der Waals surface area (Å²) in [5, 5.41) is 5.49. The maximum absolute atomic E-state index is 13.3. The number of nitrogens with zero attached hydrogens (tertiary/aromatic N) is 2. The van der Waals surface area contributed by atoms with Gasteiger partial charge in [0.2, 0.25) is 6.79 Å². The zero-order valence-corrected chi connectivity index (χ0v) is 18.4. The van der Waals surface area contributed by atoms with Crippen LogP contribution in [0.1, 0.15) is 25.1 Å². The van der Waals surface area contributed by atoms with Crippen LogP contribution in [0.4, 0.5) is 4.79 Å². The number of nitrogens with one attached hydrogen (secondary N) is 1. The van der Waals surface area contributed by atoms with Crippen LogP contribution in [-0.4, -0.2) is 35.2 Å². The van der Waals surface area contributed by atoms with Gasteiger partial charge in [0.05, 0.1) is 18.8 Å². The molecule has 1 atom stereocenters. The lowest BCUT2D eigenvalue weighted by atomic mass is 9.91. The number of imide groups is 1. The van der Waals surface area contributed by atoms with Gasteiger partial charge in [0, 0.05) is 10.9 Å². The Morgan fingerprint density at radius 2 is 1.94 bits per heavy atom. The maximum Gasteiger partial charge on any atom is 0.325 e. The largest absolute Gasteiger partial charge is 0.494 e. The van der Waals surface area contributed by atoms with Crippen LogP contribution in [-0.2, 0) is 16.9 Å². The van der Waals surface area contributed by atoms with Crippen LogP contribution < -0.4 is 19.5 Å². The standard InChI is InChI=1S/C23H21N3O5S/c1-3-29-17-7-4-14(5-8-17)20-24-16(12-32-20)11-26-21(27)23(2,25-22(26)28)15-6-9-18-19(10-15)31-13-30-18/h4-10,12H,3,11,13H2,1-2H3,(H,25,28)/t23-/m1/s1. The molecule has 0 aliphatic carbocycles. The quantitative estimate of drug-likeness (QED) is 0.572. The zero-order chi connectivity index (χ0) is 22.3. The van der Waals surface area contributed by atoms with Gasteiger partial charge in [0.1, 0.15) is 16.3 Å². The second-order valence-electron chi connectivity index (χ2n) is 7.62. The number of aromatic nitrogens is 1. The Bertz CT molecular complexity index is 1190. The number of hydrogen-bond donors (Lipinski definition) is 1. The molecule has 8 nitrogen and oxygen atoms in total. The van der Waals surface area contributed by atoms with E-state index in [-0.39, 0.29) is 19.2 Å². The molecule has 3 heterocycles. The molecule has 2 aromatic carbocycles. The maximum atomic E-state index is 13.3. The highest BCUT2D eigenvalue weighted by atomic mass is 32.1. The summed E-state index contributed by atoms with van der Waals surface area (Å²) in [6, 6.07) is 12.5. The number of fused-ring (bicyclic) bond motifs is 1. The molecule has 3 aromatic rings. The third kappa shape index (κ3) is 3.44. The van der Waals surface area contributed by atoms with Crippen molar-refractivity contribution in [1.29, 1.82) is 0 Å². The van der Waals surface area contributed by atoms with Gasteiger partial charge in [-0.15, -0.1) is 11.3 Å². The molecule has 1 aromatic heterocycles. The first kappa shape index (κ1) is 20.3. The van der Waals surface area contributed by atoms with Gasteiger partial charge in [-0.25, -0.2) is 9.78 Å². The van der Waals surface area contributed by atoms with Crippen LogP contribution in [0.2, 0.25) is 0 Å². The predicted octanol–water partition coefficient (Wildman–Crippen LogP) is 3.90. The minimum Gasteiger partial charge on any atom is -0.494 e. The third-order valence-corrected chi connectivity index (χ3v) is 6.45. The Morgan fingerprint density at radius 1 is 1.16 bits per heavy atom. The lowest BCUT2D eigenvalue weighted by molar-refractivity contribution is -0.131. The molecule has 1 N–H and O–H groups in total. The first-order valence-electron chi connectivity index (χ1n) is 10.2. The summed E-state index contributed by atoms with van der Waals surface area (Å²) in [7, 11) is 0. The normalized spacial score (nSPS) is 19.4. The molecule has 0 radical (unpaired) electrons. The van der Waals surface area contributed by atoms with E-state index in [0.29, 0.717) is 29.4 Å². The van der Waals surface area contributed by atoms with Crippen molar-refractivity contribution in [3.8, 4) is 27.8 Å². The number of ether oxygens (including phenoxy) is 3. The van der Waals surface area contributed by atoms with E-state index in [1.165, 1.54) is 16.2 Å².